The van der Waals surface area contributed by atoms with Crippen molar-refractivity contribution in [2.24, 2.45) is 10.9 Å². The second kappa shape index (κ2) is 8.56. The normalized spacial score (nSPS) is 19.9. The van der Waals surface area contributed by atoms with Gasteiger partial charge in [0.05, 0.1) is 19.1 Å². The largest absolute Gasteiger partial charge is 0.466 e. The number of carbonyl (C=O) groups is 1. The van der Waals surface area contributed by atoms with Crippen molar-refractivity contribution in [1.82, 2.24) is 10.2 Å². The number of rotatable bonds is 6. The molecule has 1 saturated carbocycles. The Hall–Kier alpha value is -2.04. The molecular weight excluding hydrogens is 326 g/mol. The van der Waals surface area contributed by atoms with Crippen molar-refractivity contribution in [3.8, 4) is 0 Å². The highest BCUT2D eigenvalue weighted by atomic mass is 16.5. The van der Waals surface area contributed by atoms with Gasteiger partial charge < -0.3 is 15.0 Å². The first-order valence-corrected chi connectivity index (χ1v) is 9.94. The van der Waals surface area contributed by atoms with E-state index in [1.165, 1.54) is 18.4 Å². The quantitative estimate of drug-likeness (QED) is 0.483. The molecule has 1 saturated heterocycles. The van der Waals surface area contributed by atoms with Crippen LogP contribution in [0, 0.1) is 5.92 Å². The van der Waals surface area contributed by atoms with Crippen LogP contribution in [0.4, 0.5) is 0 Å². The van der Waals surface area contributed by atoms with E-state index < -0.39 is 0 Å². The van der Waals surface area contributed by atoms with E-state index in [0.29, 0.717) is 6.61 Å². The van der Waals surface area contributed by atoms with Crippen molar-refractivity contribution >= 4 is 11.9 Å². The van der Waals surface area contributed by atoms with Crippen LogP contribution in [0.3, 0.4) is 0 Å². The molecule has 1 aliphatic carbocycles. The highest BCUT2D eigenvalue weighted by Gasteiger charge is 2.44. The number of hydrogen-bond donors (Lipinski definition) is 1. The van der Waals surface area contributed by atoms with Crippen LogP contribution in [0.2, 0.25) is 0 Å². The van der Waals surface area contributed by atoms with E-state index in [4.69, 9.17) is 9.73 Å². The monoisotopic (exact) mass is 357 g/mol. The third-order valence-corrected chi connectivity index (χ3v) is 5.52. The predicted octanol–water partition coefficient (Wildman–Crippen LogP) is 2.96. The summed E-state index contributed by atoms with van der Waals surface area (Å²) in [6.07, 6.45) is 4.11. The summed E-state index contributed by atoms with van der Waals surface area (Å²) in [4.78, 5) is 19.2. The van der Waals surface area contributed by atoms with Crippen LogP contribution < -0.4 is 5.32 Å². The second-order valence-corrected chi connectivity index (χ2v) is 7.33. The summed E-state index contributed by atoms with van der Waals surface area (Å²) >= 11 is 0. The zero-order valence-corrected chi connectivity index (χ0v) is 16.0. The van der Waals surface area contributed by atoms with Gasteiger partial charge in [-0.25, -0.2) is 0 Å². The Kier molecular flexibility index (Phi) is 6.17. The summed E-state index contributed by atoms with van der Waals surface area (Å²) < 4.78 is 5.17. The number of likely N-dealkylation sites (tertiary alicyclic amines) is 1. The lowest BCUT2D eigenvalue weighted by Gasteiger charge is -2.33. The second-order valence-electron chi connectivity index (χ2n) is 7.33. The summed E-state index contributed by atoms with van der Waals surface area (Å²) in [5, 5.41) is 3.43. The number of benzene rings is 1. The summed E-state index contributed by atoms with van der Waals surface area (Å²) in [6.45, 7) is 7.83. The molecule has 1 N–H and O–H groups in total. The molecule has 1 aliphatic heterocycles. The van der Waals surface area contributed by atoms with Crippen LogP contribution in [-0.4, -0.2) is 49.6 Å². The number of carbonyl (C=O) groups excluding carboxylic acids is 1. The van der Waals surface area contributed by atoms with Gasteiger partial charge >= 0.3 is 5.97 Å². The third-order valence-electron chi connectivity index (χ3n) is 5.52. The number of ether oxygens (including phenoxy) is 1. The molecule has 0 unspecified atom stereocenters. The highest BCUT2D eigenvalue weighted by Crippen LogP contribution is 2.48. The number of aliphatic imine (C=N–C) groups is 1. The topological polar surface area (TPSA) is 53.9 Å². The van der Waals surface area contributed by atoms with Gasteiger partial charge in [-0.1, -0.05) is 30.3 Å². The number of hydrogen-bond acceptors (Lipinski definition) is 3. The Labute approximate surface area is 156 Å². The van der Waals surface area contributed by atoms with Gasteiger partial charge in [0.1, 0.15) is 0 Å². The summed E-state index contributed by atoms with van der Waals surface area (Å²) in [6, 6.07) is 10.7. The predicted molar refractivity (Wildman–Crippen MR) is 104 cm³/mol. The molecule has 26 heavy (non-hydrogen) atoms. The van der Waals surface area contributed by atoms with Gasteiger partial charge in [-0.3, -0.25) is 9.79 Å². The minimum absolute atomic E-state index is 0.0353. The van der Waals surface area contributed by atoms with E-state index in [-0.39, 0.29) is 17.3 Å². The fourth-order valence-electron chi connectivity index (χ4n) is 3.72. The van der Waals surface area contributed by atoms with Gasteiger partial charge in [0.25, 0.3) is 0 Å². The highest BCUT2D eigenvalue weighted by molar-refractivity contribution is 5.80. The Morgan fingerprint density at radius 1 is 1.23 bits per heavy atom. The Balaban J connectivity index is 1.61. The smallest absolute Gasteiger partial charge is 0.309 e. The molecule has 0 atom stereocenters. The van der Waals surface area contributed by atoms with E-state index in [0.717, 1.165) is 45.0 Å². The van der Waals surface area contributed by atoms with Gasteiger partial charge in [-0.2, -0.15) is 0 Å². The first kappa shape index (κ1) is 18.7. The van der Waals surface area contributed by atoms with Crippen molar-refractivity contribution in [3.05, 3.63) is 35.9 Å². The molecule has 0 aromatic heterocycles. The standard InChI is InChI=1S/C21H31N3O2/c1-3-22-20(24-14-10-17(11-15-24)19(25)26-4-2)23-16-21(12-13-21)18-8-6-5-7-9-18/h5-9,17H,3-4,10-16H2,1-2H3,(H,22,23). The van der Waals surface area contributed by atoms with Crippen molar-refractivity contribution in [3.63, 3.8) is 0 Å². The first-order valence-electron chi connectivity index (χ1n) is 9.94. The van der Waals surface area contributed by atoms with E-state index in [9.17, 15) is 4.79 Å². The molecule has 5 nitrogen and oxygen atoms in total. The lowest BCUT2D eigenvalue weighted by Crippen LogP contribution is -2.47. The van der Waals surface area contributed by atoms with Crippen LogP contribution in [0.15, 0.2) is 35.3 Å². The number of piperidine rings is 1. The molecule has 1 aromatic carbocycles. The van der Waals surface area contributed by atoms with Gasteiger partial charge in [-0.05, 0) is 45.1 Å². The number of nitrogens with zero attached hydrogens (tertiary/aromatic N) is 2. The minimum atomic E-state index is -0.0462. The van der Waals surface area contributed by atoms with Gasteiger partial charge in [-0.15, -0.1) is 0 Å². The van der Waals surface area contributed by atoms with E-state index >= 15 is 0 Å². The molecular formula is C21H31N3O2. The molecule has 0 amide bonds. The van der Waals surface area contributed by atoms with Crippen LogP contribution in [0.25, 0.3) is 0 Å². The fourth-order valence-corrected chi connectivity index (χ4v) is 3.72. The van der Waals surface area contributed by atoms with Crippen LogP contribution in [-0.2, 0) is 14.9 Å². The van der Waals surface area contributed by atoms with E-state index in [1.807, 2.05) is 6.92 Å². The van der Waals surface area contributed by atoms with Gasteiger partial charge in [0.2, 0.25) is 0 Å². The first-order chi connectivity index (χ1) is 12.7. The van der Waals surface area contributed by atoms with Crippen molar-refractivity contribution < 1.29 is 9.53 Å². The van der Waals surface area contributed by atoms with Gasteiger partial charge in [0, 0.05) is 25.0 Å². The molecule has 1 aromatic rings. The average molecular weight is 357 g/mol. The summed E-state index contributed by atoms with van der Waals surface area (Å²) in [7, 11) is 0. The molecule has 2 fully saturated rings. The number of nitrogens with one attached hydrogen (secondary N) is 1. The maximum atomic E-state index is 11.9. The van der Waals surface area contributed by atoms with E-state index in [1.54, 1.807) is 0 Å². The Bertz CT molecular complexity index is 617. The molecule has 3 rings (SSSR count). The Morgan fingerprint density at radius 2 is 1.92 bits per heavy atom. The molecule has 142 valence electrons. The van der Waals surface area contributed by atoms with Crippen molar-refractivity contribution in [2.75, 3.05) is 32.8 Å². The molecule has 5 heteroatoms. The molecule has 1 heterocycles. The zero-order valence-electron chi connectivity index (χ0n) is 16.0. The molecule has 0 bridgehead atoms. The summed E-state index contributed by atoms with van der Waals surface area (Å²) in [5.41, 5.74) is 1.63. The Morgan fingerprint density at radius 3 is 2.50 bits per heavy atom. The van der Waals surface area contributed by atoms with Crippen LogP contribution in [0.5, 0.6) is 0 Å². The summed E-state index contributed by atoms with van der Waals surface area (Å²) in [5.74, 6) is 0.972. The maximum absolute atomic E-state index is 11.9. The molecule has 0 radical (unpaired) electrons. The van der Waals surface area contributed by atoms with Crippen LogP contribution >= 0.6 is 0 Å². The lowest BCUT2D eigenvalue weighted by atomic mass is 9.96. The SMILES string of the molecule is CCNC(=NCC1(c2ccccc2)CC1)N1CCC(C(=O)OCC)CC1. The maximum Gasteiger partial charge on any atom is 0.309 e. The third kappa shape index (κ3) is 4.37. The fraction of sp³-hybridized carbons (Fsp3) is 0.619. The van der Waals surface area contributed by atoms with E-state index in [2.05, 4.69) is 47.5 Å². The minimum Gasteiger partial charge on any atom is -0.466 e. The average Bonchev–Trinajstić information content (AvgIpc) is 3.47. The van der Waals surface area contributed by atoms with Crippen LogP contribution in [0.1, 0.15) is 45.1 Å². The molecule has 0 spiro atoms. The number of guanidine groups is 1. The lowest BCUT2D eigenvalue weighted by molar-refractivity contribution is -0.149. The molecule has 2 aliphatic rings. The van der Waals surface area contributed by atoms with Crippen molar-refractivity contribution in [1.29, 1.82) is 0 Å². The zero-order chi connectivity index (χ0) is 18.4. The van der Waals surface area contributed by atoms with Gasteiger partial charge in [0.15, 0.2) is 5.96 Å². The number of esters is 1. The van der Waals surface area contributed by atoms with Crippen molar-refractivity contribution in [2.45, 2.75) is 44.9 Å².